The number of methoxy groups -OCH3 is 1. The van der Waals surface area contributed by atoms with Crippen LogP contribution in [0.5, 0.6) is 5.75 Å². The predicted octanol–water partition coefficient (Wildman–Crippen LogP) is 5.49. The molecular weight excluding hydrogens is 475 g/mol. The maximum Gasteiger partial charge on any atom is 0.308 e. The number of benzene rings is 1. The highest BCUT2D eigenvalue weighted by Gasteiger charge is 2.33. The molecule has 1 aliphatic heterocycles. The Morgan fingerprint density at radius 3 is 2.97 bits per heavy atom. The number of halogens is 2. The van der Waals surface area contributed by atoms with Crippen molar-refractivity contribution in [2.24, 2.45) is 11.8 Å². The van der Waals surface area contributed by atoms with Crippen molar-refractivity contribution in [1.29, 1.82) is 0 Å². The second kappa shape index (κ2) is 11.2. The predicted molar refractivity (Wildman–Crippen MR) is 133 cm³/mol. The molecule has 0 radical (unpaired) electrons. The van der Waals surface area contributed by atoms with E-state index in [1.807, 2.05) is 18.2 Å². The number of likely N-dealkylation sites (tertiary alicyclic amines) is 1. The fourth-order valence-corrected chi connectivity index (χ4v) is 5.43. The number of carboxylic acid groups (broad SMARTS) is 1. The molecule has 0 amide bonds. The van der Waals surface area contributed by atoms with Crippen LogP contribution in [0.1, 0.15) is 29.7 Å². The number of nitrogens with zero attached hydrogens (tertiary/aromatic N) is 2. The number of rotatable bonds is 7. The average Bonchev–Trinajstić information content (AvgIpc) is 3.25. The molecule has 1 aromatic carbocycles. The Kier molecular flexibility index (Phi) is 8.04. The fourth-order valence-electron chi connectivity index (χ4n) is 4.58. The molecule has 8 heteroatoms. The van der Waals surface area contributed by atoms with Crippen molar-refractivity contribution in [2.45, 2.75) is 25.7 Å². The van der Waals surface area contributed by atoms with Crippen molar-refractivity contribution >= 4 is 39.8 Å². The Morgan fingerprint density at radius 2 is 2.24 bits per heavy atom. The Hall–Kier alpha value is -2.66. The maximum atomic E-state index is 13.1. The van der Waals surface area contributed by atoms with Crippen LogP contribution in [0, 0.1) is 28.8 Å². The summed E-state index contributed by atoms with van der Waals surface area (Å²) in [5.74, 6) is 5.68. The number of aromatic nitrogens is 1. The van der Waals surface area contributed by atoms with Crippen LogP contribution in [-0.2, 0) is 11.2 Å². The molecule has 0 spiro atoms. The standard InChI is InChI=1S/C26H26ClFN2O3S/c1-33-18-7-9-24-21(14-18)20(23(27)15-29-24)6-2-4-17-11-13-30(16-22(17)26(31)32)12-3-5-19-8-10-25(28)34-19/h7-10,14-15,17,22H,2,4,6,11-13,16H2,1H3,(H,31,32)/t17-,22+/m0/s1. The number of hydrogen-bond donors (Lipinski definition) is 1. The minimum atomic E-state index is -0.764. The Balaban J connectivity index is 1.37. The SMILES string of the molecule is COc1ccc2ncc(Cl)c(CCC[C@H]3CCN(CC#Cc4ccc(F)s4)C[C@H]3C(=O)O)c2c1. The molecule has 0 aliphatic carbocycles. The number of hydrogen-bond acceptors (Lipinski definition) is 5. The van der Waals surface area contributed by atoms with E-state index in [1.165, 1.54) is 6.07 Å². The third-order valence-corrected chi connectivity index (χ3v) is 7.50. The molecule has 5 nitrogen and oxygen atoms in total. The Bertz CT molecular complexity index is 1240. The van der Waals surface area contributed by atoms with Gasteiger partial charge in [-0.25, -0.2) is 0 Å². The van der Waals surface area contributed by atoms with Crippen LogP contribution in [0.4, 0.5) is 4.39 Å². The molecule has 2 aromatic heterocycles. The van der Waals surface area contributed by atoms with Crippen molar-refractivity contribution in [3.05, 3.63) is 57.1 Å². The number of fused-ring (bicyclic) bond motifs is 1. The summed E-state index contributed by atoms with van der Waals surface area (Å²) >= 11 is 7.49. The second-order valence-corrected chi connectivity index (χ2v) is 9.94. The lowest BCUT2D eigenvalue weighted by Gasteiger charge is -2.35. The summed E-state index contributed by atoms with van der Waals surface area (Å²) in [6.07, 6.45) is 4.89. The first-order valence-electron chi connectivity index (χ1n) is 11.2. The van der Waals surface area contributed by atoms with Crippen molar-refractivity contribution < 1.29 is 19.0 Å². The van der Waals surface area contributed by atoms with Crippen LogP contribution < -0.4 is 4.74 Å². The van der Waals surface area contributed by atoms with Gasteiger partial charge in [-0.05, 0) is 74.0 Å². The van der Waals surface area contributed by atoms with E-state index in [0.29, 0.717) is 23.0 Å². The maximum absolute atomic E-state index is 13.1. The second-order valence-electron chi connectivity index (χ2n) is 8.49. The van der Waals surface area contributed by atoms with E-state index in [1.54, 1.807) is 19.4 Å². The van der Waals surface area contributed by atoms with Gasteiger partial charge in [0.05, 0.1) is 35.0 Å². The van der Waals surface area contributed by atoms with Gasteiger partial charge < -0.3 is 9.84 Å². The summed E-state index contributed by atoms with van der Waals surface area (Å²) in [7, 11) is 1.63. The van der Waals surface area contributed by atoms with Crippen LogP contribution in [0.2, 0.25) is 5.02 Å². The zero-order valence-corrected chi connectivity index (χ0v) is 20.5. The van der Waals surface area contributed by atoms with Gasteiger partial charge in [0.15, 0.2) is 5.13 Å². The monoisotopic (exact) mass is 500 g/mol. The minimum Gasteiger partial charge on any atom is -0.497 e. The molecule has 0 bridgehead atoms. The van der Waals surface area contributed by atoms with Crippen molar-refractivity contribution in [2.75, 3.05) is 26.7 Å². The minimum absolute atomic E-state index is 0.106. The third-order valence-electron chi connectivity index (χ3n) is 6.38. The van der Waals surface area contributed by atoms with Gasteiger partial charge in [-0.1, -0.05) is 34.8 Å². The van der Waals surface area contributed by atoms with E-state index >= 15 is 0 Å². The molecule has 178 valence electrons. The quantitative estimate of drug-likeness (QED) is 0.434. The molecule has 4 rings (SSSR count). The lowest BCUT2D eigenvalue weighted by molar-refractivity contribution is -0.146. The van der Waals surface area contributed by atoms with E-state index in [9.17, 15) is 14.3 Å². The summed E-state index contributed by atoms with van der Waals surface area (Å²) < 4.78 is 18.4. The number of aryl methyl sites for hydroxylation is 1. The summed E-state index contributed by atoms with van der Waals surface area (Å²) in [6, 6.07) is 8.81. The van der Waals surface area contributed by atoms with Gasteiger partial charge >= 0.3 is 5.97 Å². The first-order valence-corrected chi connectivity index (χ1v) is 12.4. The van der Waals surface area contributed by atoms with E-state index in [0.717, 1.165) is 65.8 Å². The molecule has 34 heavy (non-hydrogen) atoms. The number of thiophene rings is 1. The molecular formula is C26H26ClFN2O3S. The summed E-state index contributed by atoms with van der Waals surface area (Å²) in [4.78, 5) is 19.2. The van der Waals surface area contributed by atoms with Gasteiger partial charge in [0.1, 0.15) is 5.75 Å². The lowest BCUT2D eigenvalue weighted by Crippen LogP contribution is -2.44. The highest BCUT2D eigenvalue weighted by Crippen LogP contribution is 2.32. The molecule has 1 N–H and O–H groups in total. The summed E-state index contributed by atoms with van der Waals surface area (Å²) in [5.41, 5.74) is 1.89. The normalized spacial score (nSPS) is 18.4. The van der Waals surface area contributed by atoms with Crippen molar-refractivity contribution in [3.8, 4) is 17.6 Å². The molecule has 1 saturated heterocycles. The number of carboxylic acids is 1. The molecule has 3 aromatic rings. The van der Waals surface area contributed by atoms with Gasteiger partial charge in [0.2, 0.25) is 0 Å². The lowest BCUT2D eigenvalue weighted by atomic mass is 9.81. The molecule has 1 aliphatic rings. The molecule has 0 saturated carbocycles. The molecule has 0 unspecified atom stereocenters. The highest BCUT2D eigenvalue weighted by atomic mass is 35.5. The topological polar surface area (TPSA) is 62.7 Å². The van der Waals surface area contributed by atoms with E-state index in [2.05, 4.69) is 21.7 Å². The zero-order chi connectivity index (χ0) is 24.1. The number of ether oxygens (including phenoxy) is 1. The smallest absolute Gasteiger partial charge is 0.308 e. The number of aliphatic carboxylic acids is 1. The molecule has 3 heterocycles. The van der Waals surface area contributed by atoms with E-state index in [-0.39, 0.29) is 11.0 Å². The average molecular weight is 501 g/mol. The van der Waals surface area contributed by atoms with Crippen LogP contribution in [0.25, 0.3) is 10.9 Å². The van der Waals surface area contributed by atoms with E-state index in [4.69, 9.17) is 16.3 Å². The number of piperidine rings is 1. The van der Waals surface area contributed by atoms with Crippen LogP contribution in [-0.4, -0.2) is 47.7 Å². The van der Waals surface area contributed by atoms with Crippen molar-refractivity contribution in [1.82, 2.24) is 9.88 Å². The van der Waals surface area contributed by atoms with Gasteiger partial charge in [0.25, 0.3) is 0 Å². The summed E-state index contributed by atoms with van der Waals surface area (Å²) in [5, 5.41) is 11.2. The highest BCUT2D eigenvalue weighted by molar-refractivity contribution is 7.10. The Morgan fingerprint density at radius 1 is 1.38 bits per heavy atom. The van der Waals surface area contributed by atoms with Gasteiger partial charge in [-0.15, -0.1) is 0 Å². The third kappa shape index (κ3) is 5.87. The van der Waals surface area contributed by atoms with Gasteiger partial charge in [-0.2, -0.15) is 4.39 Å². The number of pyridine rings is 1. The van der Waals surface area contributed by atoms with Gasteiger partial charge in [-0.3, -0.25) is 14.7 Å². The van der Waals surface area contributed by atoms with Crippen molar-refractivity contribution in [3.63, 3.8) is 0 Å². The Labute approximate surface area is 207 Å². The van der Waals surface area contributed by atoms with Crippen LogP contribution >= 0.6 is 22.9 Å². The molecule has 1 fully saturated rings. The summed E-state index contributed by atoms with van der Waals surface area (Å²) in [6.45, 7) is 1.76. The molecule has 2 atom stereocenters. The van der Waals surface area contributed by atoms with Crippen LogP contribution in [0.3, 0.4) is 0 Å². The first-order chi connectivity index (χ1) is 16.4. The van der Waals surface area contributed by atoms with Crippen LogP contribution in [0.15, 0.2) is 36.5 Å². The van der Waals surface area contributed by atoms with Gasteiger partial charge in [0, 0.05) is 18.1 Å². The van der Waals surface area contributed by atoms with E-state index < -0.39 is 11.9 Å². The zero-order valence-electron chi connectivity index (χ0n) is 18.9. The number of carbonyl (C=O) groups is 1. The largest absolute Gasteiger partial charge is 0.497 e. The fraction of sp³-hybridized carbons (Fsp3) is 0.385. The first kappa shape index (κ1) is 24.5.